The number of sulfonamides is 1. The number of nitrogens with one attached hydrogen (secondary N) is 1. The number of hydrogen-bond acceptors (Lipinski definition) is 4. The van der Waals surface area contributed by atoms with Crippen molar-refractivity contribution in [1.29, 1.82) is 0 Å². The standard InChI is InChI=1S/C32H38ClN3O4S/c1-24-17-19-28(20-18-24)41(39,40)35(2)23-31(37)36(22-26-13-9-10-16-29(26)33)30(21-25-11-5-3-6-12-25)32(38)34-27-14-7-4-8-15-27/h3,5-6,9-13,16-20,27,30H,4,7-8,14-15,21-23H2,1-2H3,(H,34,38)/t30-/m0/s1. The van der Waals surface area contributed by atoms with Gasteiger partial charge in [-0.1, -0.05) is 97.1 Å². The van der Waals surface area contributed by atoms with Crippen LogP contribution in [0.1, 0.15) is 48.8 Å². The van der Waals surface area contributed by atoms with Gasteiger partial charge in [0.1, 0.15) is 6.04 Å². The van der Waals surface area contributed by atoms with Crippen LogP contribution in [0.4, 0.5) is 0 Å². The van der Waals surface area contributed by atoms with Crippen molar-refractivity contribution >= 4 is 33.4 Å². The van der Waals surface area contributed by atoms with Gasteiger partial charge in [0.25, 0.3) is 0 Å². The topological polar surface area (TPSA) is 86.8 Å². The van der Waals surface area contributed by atoms with Crippen molar-refractivity contribution in [2.24, 2.45) is 0 Å². The minimum absolute atomic E-state index is 0.0522. The van der Waals surface area contributed by atoms with E-state index in [1.54, 1.807) is 24.3 Å². The van der Waals surface area contributed by atoms with Gasteiger partial charge in [0.15, 0.2) is 0 Å². The van der Waals surface area contributed by atoms with E-state index in [0.717, 1.165) is 47.5 Å². The van der Waals surface area contributed by atoms with Crippen LogP contribution in [0.2, 0.25) is 5.02 Å². The van der Waals surface area contributed by atoms with Crippen LogP contribution in [0.25, 0.3) is 0 Å². The summed E-state index contributed by atoms with van der Waals surface area (Å²) in [6.07, 6.45) is 5.35. The van der Waals surface area contributed by atoms with Gasteiger partial charge in [0.2, 0.25) is 21.8 Å². The maximum atomic E-state index is 14.0. The Hall–Kier alpha value is -3.20. The Bertz CT molecular complexity index is 1420. The second kappa shape index (κ2) is 14.1. The molecule has 1 aliphatic rings. The maximum Gasteiger partial charge on any atom is 0.243 e. The lowest BCUT2D eigenvalue weighted by atomic mass is 9.94. The lowest BCUT2D eigenvalue weighted by Crippen LogP contribution is -2.54. The van der Waals surface area contributed by atoms with E-state index >= 15 is 0 Å². The van der Waals surface area contributed by atoms with E-state index in [0.29, 0.717) is 10.6 Å². The molecular formula is C32H38ClN3O4S. The van der Waals surface area contributed by atoms with Crippen molar-refractivity contribution in [2.75, 3.05) is 13.6 Å². The number of amides is 2. The van der Waals surface area contributed by atoms with E-state index in [1.807, 2.05) is 49.4 Å². The first-order chi connectivity index (χ1) is 19.6. The van der Waals surface area contributed by atoms with E-state index in [1.165, 1.54) is 24.1 Å². The third-order valence-corrected chi connectivity index (χ3v) is 9.79. The molecule has 0 aliphatic heterocycles. The number of halogens is 1. The average Bonchev–Trinajstić information content (AvgIpc) is 2.97. The SMILES string of the molecule is Cc1ccc(S(=O)(=O)N(C)CC(=O)N(Cc2ccccc2Cl)[C@@H](Cc2ccccc2)C(=O)NC2CCCCC2)cc1. The molecule has 7 nitrogen and oxygen atoms in total. The third-order valence-electron chi connectivity index (χ3n) is 7.61. The molecule has 0 heterocycles. The molecule has 0 spiro atoms. The minimum atomic E-state index is -3.93. The van der Waals surface area contributed by atoms with Crippen molar-refractivity contribution in [1.82, 2.24) is 14.5 Å². The van der Waals surface area contributed by atoms with Crippen LogP contribution in [-0.2, 0) is 32.6 Å². The van der Waals surface area contributed by atoms with Crippen molar-refractivity contribution in [3.8, 4) is 0 Å². The Labute approximate surface area is 248 Å². The molecule has 3 aromatic rings. The van der Waals surface area contributed by atoms with Crippen LogP contribution in [0.3, 0.4) is 0 Å². The number of nitrogens with zero attached hydrogens (tertiary/aromatic N) is 2. The zero-order valence-electron chi connectivity index (χ0n) is 23.6. The molecule has 0 aromatic heterocycles. The van der Waals surface area contributed by atoms with Gasteiger partial charge < -0.3 is 10.2 Å². The monoisotopic (exact) mass is 595 g/mol. The Kier molecular flexibility index (Phi) is 10.6. The second-order valence-electron chi connectivity index (χ2n) is 10.7. The molecule has 1 atom stereocenters. The fraction of sp³-hybridized carbons (Fsp3) is 0.375. The van der Waals surface area contributed by atoms with Gasteiger partial charge in [-0.25, -0.2) is 8.42 Å². The smallest absolute Gasteiger partial charge is 0.243 e. The average molecular weight is 596 g/mol. The maximum absolute atomic E-state index is 14.0. The Morgan fingerprint density at radius 2 is 1.56 bits per heavy atom. The number of rotatable bonds is 11. The molecule has 1 fully saturated rings. The van der Waals surface area contributed by atoms with Gasteiger partial charge in [-0.3, -0.25) is 9.59 Å². The second-order valence-corrected chi connectivity index (χ2v) is 13.2. The van der Waals surface area contributed by atoms with Crippen LogP contribution in [0.5, 0.6) is 0 Å². The van der Waals surface area contributed by atoms with Gasteiger partial charge in [0.05, 0.1) is 11.4 Å². The summed E-state index contributed by atoms with van der Waals surface area (Å²) in [4.78, 5) is 29.5. The summed E-state index contributed by atoms with van der Waals surface area (Å²) in [6.45, 7) is 1.51. The molecule has 1 N–H and O–H groups in total. The van der Waals surface area contributed by atoms with Gasteiger partial charge in [0, 0.05) is 31.1 Å². The fourth-order valence-electron chi connectivity index (χ4n) is 5.16. The Balaban J connectivity index is 1.66. The first-order valence-corrected chi connectivity index (χ1v) is 15.9. The van der Waals surface area contributed by atoms with Crippen molar-refractivity contribution < 1.29 is 18.0 Å². The zero-order chi connectivity index (χ0) is 29.4. The van der Waals surface area contributed by atoms with Gasteiger partial charge in [-0.05, 0) is 49.1 Å². The summed E-state index contributed by atoms with van der Waals surface area (Å²) >= 11 is 6.50. The lowest BCUT2D eigenvalue weighted by Gasteiger charge is -2.34. The third kappa shape index (κ3) is 8.18. The highest BCUT2D eigenvalue weighted by Crippen LogP contribution is 2.23. The highest BCUT2D eigenvalue weighted by molar-refractivity contribution is 7.89. The zero-order valence-corrected chi connectivity index (χ0v) is 25.2. The number of carbonyl (C=O) groups excluding carboxylic acids is 2. The fourth-order valence-corrected chi connectivity index (χ4v) is 6.48. The predicted octanol–water partition coefficient (Wildman–Crippen LogP) is 5.36. The molecule has 1 aliphatic carbocycles. The summed E-state index contributed by atoms with van der Waals surface area (Å²) < 4.78 is 27.7. The van der Waals surface area contributed by atoms with Crippen LogP contribution in [-0.4, -0.2) is 55.1 Å². The molecular weight excluding hydrogens is 558 g/mol. The van der Waals surface area contributed by atoms with E-state index in [-0.39, 0.29) is 29.8 Å². The molecule has 4 rings (SSSR count). The summed E-state index contributed by atoms with van der Waals surface area (Å²) in [7, 11) is -2.55. The van der Waals surface area contributed by atoms with E-state index < -0.39 is 28.5 Å². The Morgan fingerprint density at radius 1 is 0.927 bits per heavy atom. The first kappa shape index (κ1) is 30.8. The number of benzene rings is 3. The van der Waals surface area contributed by atoms with E-state index in [2.05, 4.69) is 5.32 Å². The Morgan fingerprint density at radius 3 is 2.22 bits per heavy atom. The summed E-state index contributed by atoms with van der Waals surface area (Å²) in [5, 5.41) is 3.66. The van der Waals surface area contributed by atoms with Crippen molar-refractivity contribution in [2.45, 2.75) is 69.0 Å². The molecule has 1 saturated carbocycles. The molecule has 0 unspecified atom stereocenters. The summed E-state index contributed by atoms with van der Waals surface area (Å²) in [5.41, 5.74) is 2.50. The van der Waals surface area contributed by atoms with Gasteiger partial charge >= 0.3 is 0 Å². The molecule has 3 aromatic carbocycles. The van der Waals surface area contributed by atoms with Crippen LogP contribution >= 0.6 is 11.6 Å². The molecule has 0 radical (unpaired) electrons. The van der Waals surface area contributed by atoms with E-state index in [4.69, 9.17) is 11.6 Å². The highest BCUT2D eigenvalue weighted by atomic mass is 35.5. The number of likely N-dealkylation sites (N-methyl/N-ethyl adjacent to an activating group) is 1. The molecule has 41 heavy (non-hydrogen) atoms. The molecule has 0 bridgehead atoms. The normalized spacial score (nSPS) is 14.9. The molecule has 0 saturated heterocycles. The first-order valence-electron chi connectivity index (χ1n) is 14.1. The summed E-state index contributed by atoms with van der Waals surface area (Å²) in [5.74, 6) is -0.729. The number of aryl methyl sites for hydroxylation is 1. The summed E-state index contributed by atoms with van der Waals surface area (Å²) in [6, 6.07) is 22.4. The van der Waals surface area contributed by atoms with Crippen molar-refractivity contribution in [3.63, 3.8) is 0 Å². The highest BCUT2D eigenvalue weighted by Gasteiger charge is 2.34. The van der Waals surface area contributed by atoms with Crippen LogP contribution in [0, 0.1) is 6.92 Å². The van der Waals surface area contributed by atoms with Crippen LogP contribution in [0.15, 0.2) is 83.8 Å². The largest absolute Gasteiger partial charge is 0.352 e. The lowest BCUT2D eigenvalue weighted by molar-refractivity contribution is -0.141. The van der Waals surface area contributed by atoms with Gasteiger partial charge in [-0.2, -0.15) is 4.31 Å². The van der Waals surface area contributed by atoms with E-state index in [9.17, 15) is 18.0 Å². The predicted molar refractivity (Wildman–Crippen MR) is 162 cm³/mol. The number of hydrogen-bond donors (Lipinski definition) is 1. The van der Waals surface area contributed by atoms with Crippen LogP contribution < -0.4 is 5.32 Å². The molecule has 9 heteroatoms. The molecule has 218 valence electrons. The number of carbonyl (C=O) groups is 2. The van der Waals surface area contributed by atoms with Gasteiger partial charge in [-0.15, -0.1) is 0 Å². The quantitative estimate of drug-likeness (QED) is 0.323. The minimum Gasteiger partial charge on any atom is -0.352 e. The van der Waals surface area contributed by atoms with Crippen molar-refractivity contribution in [3.05, 3.63) is 101 Å². The molecule has 2 amide bonds.